The Morgan fingerprint density at radius 3 is 2.56 bits per heavy atom. The van der Waals surface area contributed by atoms with Gasteiger partial charge in [0, 0.05) is 18.3 Å². The van der Waals surface area contributed by atoms with Crippen molar-refractivity contribution in [3.05, 3.63) is 65.9 Å². The molecule has 2 aromatic heterocycles. The van der Waals surface area contributed by atoms with E-state index in [2.05, 4.69) is 20.5 Å². The number of amides is 1. The van der Waals surface area contributed by atoms with Gasteiger partial charge in [-0.25, -0.2) is 9.37 Å². The lowest BCUT2D eigenvalue weighted by molar-refractivity contribution is -0.137. The minimum Gasteiger partial charge on any atom is -0.365 e. The maximum atomic E-state index is 14.6. The van der Waals surface area contributed by atoms with Gasteiger partial charge in [0.05, 0.1) is 29.6 Å². The highest BCUT2D eigenvalue weighted by atomic mass is 19.4. The normalized spacial score (nSPS) is 22.4. The van der Waals surface area contributed by atoms with Gasteiger partial charge in [0.25, 0.3) is 5.91 Å². The Kier molecular flexibility index (Phi) is 4.83. The van der Waals surface area contributed by atoms with Gasteiger partial charge in [-0.3, -0.25) is 4.79 Å². The Bertz CT molecular complexity index is 1130. The second-order valence-electron chi connectivity index (χ2n) is 7.88. The molecule has 0 radical (unpaired) electrons. The van der Waals surface area contributed by atoms with Crippen LogP contribution in [-0.4, -0.2) is 48.9 Å². The van der Waals surface area contributed by atoms with Crippen LogP contribution in [0.5, 0.6) is 0 Å². The first-order chi connectivity index (χ1) is 15.3. The number of hydrogen-bond donors (Lipinski definition) is 1. The maximum absolute atomic E-state index is 14.6. The molecule has 0 aliphatic carbocycles. The fraction of sp³-hybridized carbons (Fsp3) is 0.333. The highest BCUT2D eigenvalue weighted by Crippen LogP contribution is 2.40. The van der Waals surface area contributed by atoms with Crippen LogP contribution in [-0.2, 0) is 6.18 Å². The predicted octanol–water partition coefficient (Wildman–Crippen LogP) is 3.68. The number of para-hydroxylation sites is 1. The lowest BCUT2D eigenvalue weighted by atomic mass is 9.95. The molecule has 0 unspecified atom stereocenters. The molecule has 0 spiro atoms. The fourth-order valence-electron chi connectivity index (χ4n) is 4.66. The van der Waals surface area contributed by atoms with Gasteiger partial charge in [-0.15, -0.1) is 4.80 Å². The summed E-state index contributed by atoms with van der Waals surface area (Å²) in [4.78, 5) is 20.2. The van der Waals surface area contributed by atoms with Gasteiger partial charge in [-0.05, 0) is 43.5 Å². The van der Waals surface area contributed by atoms with Gasteiger partial charge in [-0.1, -0.05) is 6.07 Å². The van der Waals surface area contributed by atoms with E-state index >= 15 is 0 Å². The van der Waals surface area contributed by atoms with Gasteiger partial charge in [0.1, 0.15) is 11.5 Å². The van der Waals surface area contributed by atoms with Crippen LogP contribution in [0.2, 0.25) is 0 Å². The van der Waals surface area contributed by atoms with E-state index in [9.17, 15) is 22.4 Å². The van der Waals surface area contributed by atoms with Crippen molar-refractivity contribution < 1.29 is 22.4 Å². The number of rotatable bonds is 4. The van der Waals surface area contributed by atoms with E-state index in [1.807, 2.05) is 0 Å². The summed E-state index contributed by atoms with van der Waals surface area (Å²) in [7, 11) is 0. The SMILES string of the molecule is O=C(c1cccc(F)c1-n1nccn1)N1[C@@H]2CC[C@H]1[C@H](Nc1ccc(C(F)(F)F)cn1)C2. The van der Waals surface area contributed by atoms with E-state index in [4.69, 9.17) is 0 Å². The van der Waals surface area contributed by atoms with Crippen molar-refractivity contribution >= 4 is 11.7 Å². The predicted molar refractivity (Wildman–Crippen MR) is 106 cm³/mol. The largest absolute Gasteiger partial charge is 0.417 e. The molecule has 1 N–H and O–H groups in total. The second-order valence-corrected chi connectivity index (χ2v) is 7.88. The highest BCUT2D eigenvalue weighted by molar-refractivity contribution is 5.98. The van der Waals surface area contributed by atoms with Gasteiger partial charge in [0.15, 0.2) is 5.82 Å². The molecule has 1 aromatic carbocycles. The van der Waals surface area contributed by atoms with Gasteiger partial charge < -0.3 is 10.2 Å². The number of nitrogens with one attached hydrogen (secondary N) is 1. The summed E-state index contributed by atoms with van der Waals surface area (Å²) in [6.07, 6.45) is 1.30. The summed E-state index contributed by atoms with van der Waals surface area (Å²) in [6, 6.07) is 6.11. The van der Waals surface area contributed by atoms with Crippen LogP contribution < -0.4 is 5.32 Å². The fourth-order valence-corrected chi connectivity index (χ4v) is 4.66. The Morgan fingerprint density at radius 1 is 1.09 bits per heavy atom. The van der Waals surface area contributed by atoms with E-state index in [1.54, 1.807) is 11.0 Å². The number of benzene rings is 1. The molecule has 4 heterocycles. The Morgan fingerprint density at radius 2 is 1.88 bits per heavy atom. The Labute approximate surface area is 180 Å². The number of halogens is 4. The lowest BCUT2D eigenvalue weighted by Gasteiger charge is -2.26. The maximum Gasteiger partial charge on any atom is 0.417 e. The van der Waals surface area contributed by atoms with E-state index in [-0.39, 0.29) is 35.3 Å². The summed E-state index contributed by atoms with van der Waals surface area (Å²) in [6.45, 7) is 0. The van der Waals surface area contributed by atoms with Crippen molar-refractivity contribution in [2.24, 2.45) is 0 Å². The smallest absolute Gasteiger partial charge is 0.365 e. The average molecular weight is 446 g/mol. The van der Waals surface area contributed by atoms with Gasteiger partial charge >= 0.3 is 6.18 Å². The molecule has 32 heavy (non-hydrogen) atoms. The number of anilines is 1. The van der Waals surface area contributed by atoms with Crippen molar-refractivity contribution in [2.45, 2.75) is 43.6 Å². The van der Waals surface area contributed by atoms with Crippen LogP contribution in [0, 0.1) is 5.82 Å². The van der Waals surface area contributed by atoms with Gasteiger partial charge in [-0.2, -0.15) is 23.4 Å². The van der Waals surface area contributed by atoms with E-state index < -0.39 is 17.6 Å². The first kappa shape index (κ1) is 20.4. The summed E-state index contributed by atoms with van der Waals surface area (Å²) in [5, 5.41) is 11.1. The van der Waals surface area contributed by atoms with E-state index in [0.29, 0.717) is 12.2 Å². The van der Waals surface area contributed by atoms with Crippen molar-refractivity contribution in [3.63, 3.8) is 0 Å². The van der Waals surface area contributed by atoms with E-state index in [0.717, 1.165) is 29.9 Å². The molecular formula is C21H18F4N6O. The number of carbonyl (C=O) groups is 1. The average Bonchev–Trinajstić information content (AvgIpc) is 3.49. The van der Waals surface area contributed by atoms with Crippen LogP contribution >= 0.6 is 0 Å². The molecule has 2 aliphatic heterocycles. The number of hydrogen-bond acceptors (Lipinski definition) is 5. The topological polar surface area (TPSA) is 75.9 Å². The van der Waals surface area contributed by atoms with Crippen molar-refractivity contribution in [1.82, 2.24) is 24.9 Å². The summed E-state index contributed by atoms with van der Waals surface area (Å²) >= 11 is 0. The molecule has 7 nitrogen and oxygen atoms in total. The summed E-state index contributed by atoms with van der Waals surface area (Å²) < 4.78 is 52.9. The highest BCUT2D eigenvalue weighted by Gasteiger charge is 2.49. The van der Waals surface area contributed by atoms with Crippen molar-refractivity contribution in [3.8, 4) is 5.69 Å². The molecule has 2 bridgehead atoms. The zero-order valence-corrected chi connectivity index (χ0v) is 16.6. The Hall–Kier alpha value is -3.50. The molecule has 0 saturated carbocycles. The molecule has 1 amide bonds. The number of nitrogens with zero attached hydrogens (tertiary/aromatic N) is 5. The van der Waals surface area contributed by atoms with Crippen LogP contribution in [0.4, 0.5) is 23.4 Å². The number of fused-ring (bicyclic) bond motifs is 2. The summed E-state index contributed by atoms with van der Waals surface area (Å²) in [5.41, 5.74) is -0.673. The van der Waals surface area contributed by atoms with Gasteiger partial charge in [0.2, 0.25) is 0 Å². The first-order valence-electron chi connectivity index (χ1n) is 10.1. The molecular weight excluding hydrogens is 428 g/mol. The third-order valence-electron chi connectivity index (χ3n) is 6.03. The summed E-state index contributed by atoms with van der Waals surface area (Å²) in [5.74, 6) is -0.619. The van der Waals surface area contributed by atoms with Crippen molar-refractivity contribution in [2.75, 3.05) is 5.32 Å². The number of aromatic nitrogens is 4. The number of alkyl halides is 3. The third kappa shape index (κ3) is 3.47. The van der Waals surface area contributed by atoms with Crippen LogP contribution in [0.15, 0.2) is 48.9 Å². The van der Waals surface area contributed by atoms with Crippen molar-refractivity contribution in [1.29, 1.82) is 0 Å². The first-order valence-corrected chi connectivity index (χ1v) is 10.1. The van der Waals surface area contributed by atoms with E-state index in [1.165, 1.54) is 30.6 Å². The number of pyridine rings is 1. The molecule has 3 atom stereocenters. The molecule has 166 valence electrons. The molecule has 5 rings (SSSR count). The minimum atomic E-state index is -4.45. The quantitative estimate of drug-likeness (QED) is 0.619. The van der Waals surface area contributed by atoms with Crippen LogP contribution in [0.25, 0.3) is 5.69 Å². The minimum absolute atomic E-state index is 0.0114. The Balaban J connectivity index is 1.38. The molecule has 2 aliphatic rings. The standard InChI is InChI=1S/C21H18F4N6O/c22-15-3-1-2-14(19(15)31-27-8-9-28-31)20(32)30-13-5-6-17(30)16(10-13)29-18-7-4-12(11-26-18)21(23,24)25/h1-4,7-9,11,13,16-17H,5-6,10H2,(H,26,29)/t13-,16-,17+/m1/s1. The number of carbonyl (C=O) groups excluding carboxylic acids is 1. The van der Waals surface area contributed by atoms with Crippen LogP contribution in [0.1, 0.15) is 35.2 Å². The van der Waals surface area contributed by atoms with Crippen LogP contribution in [0.3, 0.4) is 0 Å². The monoisotopic (exact) mass is 446 g/mol. The second kappa shape index (κ2) is 7.57. The molecule has 3 aromatic rings. The zero-order valence-electron chi connectivity index (χ0n) is 16.6. The molecule has 11 heteroatoms. The molecule has 2 saturated heterocycles. The lowest BCUT2D eigenvalue weighted by Crippen LogP contribution is -2.40. The zero-order chi connectivity index (χ0) is 22.5. The third-order valence-corrected chi connectivity index (χ3v) is 6.03. The molecule has 2 fully saturated rings.